The normalized spacial score (nSPS) is 17.1. The Labute approximate surface area is 124 Å². The van der Waals surface area contributed by atoms with E-state index in [2.05, 4.69) is 4.72 Å². The summed E-state index contributed by atoms with van der Waals surface area (Å²) in [5, 5.41) is 9.32. The summed E-state index contributed by atoms with van der Waals surface area (Å²) < 4.78 is 27.1. The molecule has 1 aliphatic rings. The van der Waals surface area contributed by atoms with Gasteiger partial charge in [0.25, 0.3) is 0 Å². The molecule has 7 heteroatoms. The number of rotatable bonds is 6. The molecule has 0 saturated heterocycles. The largest absolute Gasteiger partial charge is 0.398 e. The molecule has 0 radical (unpaired) electrons. The molecular formula is C13H19ClN2O3S. The Kier molecular flexibility index (Phi) is 4.30. The molecule has 4 N–H and O–H groups in total. The molecule has 1 saturated carbocycles. The topological polar surface area (TPSA) is 92.4 Å². The lowest BCUT2D eigenvalue weighted by atomic mass is 10.0. The Morgan fingerprint density at radius 2 is 2.10 bits per heavy atom. The molecule has 1 aromatic rings. The summed E-state index contributed by atoms with van der Waals surface area (Å²) in [5.74, 6) is 0. The van der Waals surface area contributed by atoms with Crippen LogP contribution in [0.5, 0.6) is 0 Å². The van der Waals surface area contributed by atoms with E-state index in [-0.39, 0.29) is 16.9 Å². The van der Waals surface area contributed by atoms with E-state index >= 15 is 0 Å². The van der Waals surface area contributed by atoms with Gasteiger partial charge in [-0.1, -0.05) is 11.6 Å². The molecule has 1 fully saturated rings. The minimum atomic E-state index is -3.63. The highest BCUT2D eigenvalue weighted by Crippen LogP contribution is 2.48. The van der Waals surface area contributed by atoms with E-state index in [0.717, 1.165) is 12.8 Å². The highest BCUT2D eigenvalue weighted by molar-refractivity contribution is 7.89. The Bertz CT molecular complexity index is 589. The van der Waals surface area contributed by atoms with E-state index in [1.54, 1.807) is 6.92 Å². The van der Waals surface area contributed by atoms with Crippen LogP contribution in [0.15, 0.2) is 17.0 Å². The molecule has 5 nitrogen and oxygen atoms in total. The van der Waals surface area contributed by atoms with Crippen LogP contribution in [0.1, 0.15) is 24.8 Å². The number of nitrogens with one attached hydrogen (secondary N) is 1. The quantitative estimate of drug-likeness (QED) is 0.696. The maximum atomic E-state index is 12.2. The standard InChI is InChI=1S/C13H19ClN2O3S/c1-9-11(14)6-10(7-12(9)15)20(18,19)16-8-13(2-3-13)4-5-17/h6-7,16-17H,2-5,8,15H2,1H3. The van der Waals surface area contributed by atoms with Crippen LogP contribution in [0, 0.1) is 12.3 Å². The van der Waals surface area contributed by atoms with Crippen molar-refractivity contribution >= 4 is 27.3 Å². The molecule has 0 amide bonds. The molecule has 2 rings (SSSR count). The first-order valence-electron chi connectivity index (χ1n) is 6.46. The molecule has 20 heavy (non-hydrogen) atoms. The molecule has 1 aromatic carbocycles. The summed E-state index contributed by atoms with van der Waals surface area (Å²) in [5.41, 5.74) is 6.70. The Balaban J connectivity index is 2.15. The zero-order valence-corrected chi connectivity index (χ0v) is 12.9. The van der Waals surface area contributed by atoms with Crippen LogP contribution < -0.4 is 10.5 Å². The van der Waals surface area contributed by atoms with Crippen molar-refractivity contribution < 1.29 is 13.5 Å². The maximum absolute atomic E-state index is 12.2. The molecule has 0 aromatic heterocycles. The minimum Gasteiger partial charge on any atom is -0.398 e. The van der Waals surface area contributed by atoms with Crippen molar-refractivity contribution in [3.8, 4) is 0 Å². The van der Waals surface area contributed by atoms with E-state index in [4.69, 9.17) is 22.4 Å². The third-order valence-electron chi connectivity index (χ3n) is 3.90. The van der Waals surface area contributed by atoms with E-state index in [1.807, 2.05) is 0 Å². The predicted octanol–water partition coefficient (Wildman–Crippen LogP) is 1.67. The SMILES string of the molecule is Cc1c(N)cc(S(=O)(=O)NCC2(CCO)CC2)cc1Cl. The van der Waals surface area contributed by atoms with Crippen LogP contribution in [0.3, 0.4) is 0 Å². The number of nitrogen functional groups attached to an aromatic ring is 1. The van der Waals surface area contributed by atoms with Crippen molar-refractivity contribution in [3.63, 3.8) is 0 Å². The lowest BCUT2D eigenvalue weighted by Gasteiger charge is -2.15. The number of aliphatic hydroxyl groups is 1. The van der Waals surface area contributed by atoms with Crippen LogP contribution in [-0.2, 0) is 10.0 Å². The number of benzene rings is 1. The van der Waals surface area contributed by atoms with Gasteiger partial charge in [0.1, 0.15) is 0 Å². The molecule has 0 heterocycles. The summed E-state index contributed by atoms with van der Waals surface area (Å²) in [6, 6.07) is 2.82. The van der Waals surface area contributed by atoms with Crippen molar-refractivity contribution in [2.24, 2.45) is 5.41 Å². The average molecular weight is 319 g/mol. The fraction of sp³-hybridized carbons (Fsp3) is 0.538. The number of nitrogens with two attached hydrogens (primary N) is 1. The van der Waals surface area contributed by atoms with Crippen LogP contribution >= 0.6 is 11.6 Å². The van der Waals surface area contributed by atoms with Crippen LogP contribution in [0.25, 0.3) is 0 Å². The van der Waals surface area contributed by atoms with Gasteiger partial charge in [-0.15, -0.1) is 0 Å². The van der Waals surface area contributed by atoms with Crippen LogP contribution in [0.4, 0.5) is 5.69 Å². The second-order valence-corrected chi connectivity index (χ2v) is 7.59. The fourth-order valence-corrected chi connectivity index (χ4v) is 3.60. The van der Waals surface area contributed by atoms with Crippen molar-refractivity contribution in [1.29, 1.82) is 0 Å². The zero-order chi connectivity index (χ0) is 15.0. The molecule has 0 atom stereocenters. The van der Waals surface area contributed by atoms with Gasteiger partial charge in [0.05, 0.1) is 4.90 Å². The van der Waals surface area contributed by atoms with Gasteiger partial charge in [-0.05, 0) is 49.3 Å². The van der Waals surface area contributed by atoms with Gasteiger partial charge < -0.3 is 10.8 Å². The maximum Gasteiger partial charge on any atom is 0.240 e. The van der Waals surface area contributed by atoms with E-state index in [0.29, 0.717) is 29.2 Å². The molecule has 0 unspecified atom stereocenters. The predicted molar refractivity (Wildman–Crippen MR) is 79.2 cm³/mol. The summed E-state index contributed by atoms with van der Waals surface area (Å²) in [6.07, 6.45) is 2.49. The number of hydrogen-bond acceptors (Lipinski definition) is 4. The van der Waals surface area contributed by atoms with Crippen LogP contribution in [-0.4, -0.2) is 26.7 Å². The number of sulfonamides is 1. The summed E-state index contributed by atoms with van der Waals surface area (Å²) in [7, 11) is -3.63. The first kappa shape index (κ1) is 15.6. The van der Waals surface area contributed by atoms with Crippen molar-refractivity contribution in [1.82, 2.24) is 4.72 Å². The van der Waals surface area contributed by atoms with Crippen molar-refractivity contribution in [2.45, 2.75) is 31.1 Å². The summed E-state index contributed by atoms with van der Waals surface area (Å²) >= 11 is 5.97. The third-order valence-corrected chi connectivity index (χ3v) is 5.68. The van der Waals surface area contributed by atoms with Gasteiger partial charge in [-0.2, -0.15) is 0 Å². The Hall–Kier alpha value is -0.820. The molecule has 0 spiro atoms. The first-order chi connectivity index (χ1) is 9.30. The van der Waals surface area contributed by atoms with Crippen molar-refractivity contribution in [2.75, 3.05) is 18.9 Å². The molecular weight excluding hydrogens is 300 g/mol. The van der Waals surface area contributed by atoms with Gasteiger partial charge in [-0.25, -0.2) is 13.1 Å². The number of anilines is 1. The van der Waals surface area contributed by atoms with Gasteiger partial charge in [-0.3, -0.25) is 0 Å². The monoisotopic (exact) mass is 318 g/mol. The second-order valence-electron chi connectivity index (χ2n) is 5.42. The first-order valence-corrected chi connectivity index (χ1v) is 8.32. The lowest BCUT2D eigenvalue weighted by molar-refractivity contribution is 0.249. The summed E-state index contributed by atoms with van der Waals surface area (Å²) in [4.78, 5) is 0.0744. The van der Waals surface area contributed by atoms with E-state index < -0.39 is 10.0 Å². The smallest absolute Gasteiger partial charge is 0.240 e. The Morgan fingerprint density at radius 3 is 2.60 bits per heavy atom. The number of aliphatic hydroxyl groups excluding tert-OH is 1. The highest BCUT2D eigenvalue weighted by Gasteiger charge is 2.42. The molecule has 1 aliphatic carbocycles. The molecule has 0 bridgehead atoms. The van der Waals surface area contributed by atoms with E-state index in [1.165, 1.54) is 12.1 Å². The van der Waals surface area contributed by atoms with Gasteiger partial charge >= 0.3 is 0 Å². The lowest BCUT2D eigenvalue weighted by Crippen LogP contribution is -2.31. The Morgan fingerprint density at radius 1 is 1.45 bits per heavy atom. The highest BCUT2D eigenvalue weighted by atomic mass is 35.5. The van der Waals surface area contributed by atoms with Gasteiger partial charge in [0.15, 0.2) is 0 Å². The second kappa shape index (κ2) is 5.52. The molecule has 0 aliphatic heterocycles. The van der Waals surface area contributed by atoms with Crippen LogP contribution in [0.2, 0.25) is 5.02 Å². The molecule has 112 valence electrons. The minimum absolute atomic E-state index is 0.0744. The average Bonchev–Trinajstić information content (AvgIpc) is 3.14. The van der Waals surface area contributed by atoms with E-state index in [9.17, 15) is 8.42 Å². The number of hydrogen-bond donors (Lipinski definition) is 3. The third kappa shape index (κ3) is 3.25. The fourth-order valence-electron chi connectivity index (χ4n) is 2.09. The van der Waals surface area contributed by atoms with Gasteiger partial charge in [0.2, 0.25) is 10.0 Å². The van der Waals surface area contributed by atoms with Crippen molar-refractivity contribution in [3.05, 3.63) is 22.7 Å². The zero-order valence-electron chi connectivity index (χ0n) is 11.3. The number of halogens is 1. The summed E-state index contributed by atoms with van der Waals surface area (Å²) in [6.45, 7) is 2.15. The van der Waals surface area contributed by atoms with Gasteiger partial charge in [0, 0.05) is 23.9 Å².